The van der Waals surface area contributed by atoms with Gasteiger partial charge in [-0.2, -0.15) is 0 Å². The van der Waals surface area contributed by atoms with Gasteiger partial charge in [0.15, 0.2) is 15.0 Å². The molecule has 0 saturated carbocycles. The van der Waals surface area contributed by atoms with Gasteiger partial charge in [0.1, 0.15) is 0 Å². The Hall–Kier alpha value is -2.51. The summed E-state index contributed by atoms with van der Waals surface area (Å²) in [7, 11) is -3.36. The molecule has 29 heavy (non-hydrogen) atoms. The summed E-state index contributed by atoms with van der Waals surface area (Å²) < 4.78 is 23.5. The Balaban J connectivity index is 1.53. The third kappa shape index (κ3) is 4.41. The van der Waals surface area contributed by atoms with Gasteiger partial charge in [-0.1, -0.05) is 53.8 Å². The van der Waals surface area contributed by atoms with Crippen molar-refractivity contribution in [2.45, 2.75) is 23.7 Å². The fraction of sp³-hybridized carbons (Fsp3) is 0.273. The number of hydrogen-bond acceptors (Lipinski definition) is 6. The van der Waals surface area contributed by atoms with Crippen LogP contribution in [0.1, 0.15) is 39.6 Å². The first kappa shape index (κ1) is 19.8. The van der Waals surface area contributed by atoms with Gasteiger partial charge in [-0.3, -0.25) is 4.79 Å². The molecule has 0 radical (unpaired) electrons. The van der Waals surface area contributed by atoms with E-state index < -0.39 is 9.84 Å². The van der Waals surface area contributed by atoms with Crippen molar-refractivity contribution in [1.29, 1.82) is 0 Å². The molecule has 1 aliphatic rings. The first-order chi connectivity index (χ1) is 13.9. The molecule has 1 saturated heterocycles. The van der Waals surface area contributed by atoms with E-state index in [9.17, 15) is 13.2 Å². The van der Waals surface area contributed by atoms with Gasteiger partial charge in [0.05, 0.1) is 16.0 Å². The van der Waals surface area contributed by atoms with Crippen LogP contribution in [0.15, 0.2) is 65.7 Å². The minimum absolute atomic E-state index is 0.148. The maximum Gasteiger partial charge on any atom is 0.204 e. The molecule has 4 rings (SSSR count). The molecule has 1 fully saturated rings. The average molecular weight is 427 g/mol. The summed E-state index contributed by atoms with van der Waals surface area (Å²) in [6.45, 7) is 1.81. The van der Waals surface area contributed by atoms with Crippen LogP contribution < -0.4 is 4.90 Å². The van der Waals surface area contributed by atoms with Crippen LogP contribution in [0.2, 0.25) is 0 Å². The molecule has 1 aliphatic heterocycles. The molecular weight excluding hydrogens is 404 g/mol. The van der Waals surface area contributed by atoms with E-state index in [4.69, 9.17) is 0 Å². The number of piperidine rings is 1. The van der Waals surface area contributed by atoms with Crippen LogP contribution in [0.5, 0.6) is 0 Å². The van der Waals surface area contributed by atoms with Gasteiger partial charge in [0.2, 0.25) is 5.78 Å². The predicted molar refractivity (Wildman–Crippen MR) is 116 cm³/mol. The molecule has 5 nitrogen and oxygen atoms in total. The second-order valence-electron chi connectivity index (χ2n) is 7.33. The Morgan fingerprint density at radius 3 is 2.69 bits per heavy atom. The molecule has 3 aromatic rings. The number of thiazole rings is 1. The molecule has 2 aromatic carbocycles. The van der Waals surface area contributed by atoms with Crippen LogP contribution in [0, 0.1) is 0 Å². The number of sulfone groups is 1. The van der Waals surface area contributed by atoms with E-state index in [0.717, 1.165) is 37.3 Å². The van der Waals surface area contributed by atoms with Gasteiger partial charge in [0, 0.05) is 30.8 Å². The number of nitrogens with zero attached hydrogens (tertiary/aromatic N) is 2. The average Bonchev–Trinajstić information content (AvgIpc) is 3.24. The first-order valence-corrected chi connectivity index (χ1v) is 12.2. The lowest BCUT2D eigenvalue weighted by molar-refractivity contribution is 0.104. The van der Waals surface area contributed by atoms with Crippen LogP contribution in [0.25, 0.3) is 0 Å². The molecular formula is C22H22N2O3S2. The van der Waals surface area contributed by atoms with Gasteiger partial charge < -0.3 is 4.90 Å². The zero-order chi connectivity index (χ0) is 20.4. The predicted octanol–water partition coefficient (Wildman–Crippen LogP) is 4.16. The third-order valence-corrected chi connectivity index (χ3v) is 7.37. The van der Waals surface area contributed by atoms with Crippen molar-refractivity contribution in [3.8, 4) is 0 Å². The van der Waals surface area contributed by atoms with E-state index in [-0.39, 0.29) is 10.7 Å². The summed E-state index contributed by atoms with van der Waals surface area (Å²) in [6.07, 6.45) is 4.97. The molecule has 150 valence electrons. The lowest BCUT2D eigenvalue weighted by atomic mass is 9.91. The van der Waals surface area contributed by atoms with Crippen molar-refractivity contribution in [2.24, 2.45) is 0 Å². The number of hydrogen-bond donors (Lipinski definition) is 0. The van der Waals surface area contributed by atoms with Crippen molar-refractivity contribution >= 4 is 32.1 Å². The maximum absolute atomic E-state index is 12.9. The number of carbonyl (C=O) groups is 1. The second kappa shape index (κ2) is 8.08. The van der Waals surface area contributed by atoms with Crippen LogP contribution in [0.3, 0.4) is 0 Å². The molecule has 0 spiro atoms. The Bertz CT molecular complexity index is 1120. The van der Waals surface area contributed by atoms with Gasteiger partial charge in [-0.05, 0) is 30.5 Å². The monoisotopic (exact) mass is 426 g/mol. The van der Waals surface area contributed by atoms with Crippen molar-refractivity contribution in [3.63, 3.8) is 0 Å². The van der Waals surface area contributed by atoms with Crippen molar-refractivity contribution in [2.75, 3.05) is 24.2 Å². The molecule has 2 heterocycles. The fourth-order valence-electron chi connectivity index (χ4n) is 3.67. The van der Waals surface area contributed by atoms with Crippen molar-refractivity contribution in [3.05, 3.63) is 76.8 Å². The molecule has 1 unspecified atom stereocenters. The van der Waals surface area contributed by atoms with Crippen LogP contribution in [-0.4, -0.2) is 38.5 Å². The highest BCUT2D eigenvalue weighted by Gasteiger charge is 2.24. The normalized spacial score (nSPS) is 17.3. The van der Waals surface area contributed by atoms with Gasteiger partial charge in [-0.25, -0.2) is 13.4 Å². The standard InChI is InChI=1S/C22H22N2O3S2/c1-29(26,27)19-11-5-9-17(13-19)21(25)20-14-23-22(28-20)24-12-6-10-18(15-24)16-7-3-2-4-8-16/h2-5,7-9,11,13-14,18H,6,10,12,15H2,1H3. The van der Waals surface area contributed by atoms with Crippen molar-refractivity contribution in [1.82, 2.24) is 4.98 Å². The van der Waals surface area contributed by atoms with Crippen molar-refractivity contribution < 1.29 is 13.2 Å². The first-order valence-electron chi connectivity index (χ1n) is 9.52. The highest BCUT2D eigenvalue weighted by molar-refractivity contribution is 7.90. The molecule has 0 bridgehead atoms. The number of carbonyl (C=O) groups excluding carboxylic acids is 1. The van der Waals surface area contributed by atoms with E-state index >= 15 is 0 Å². The molecule has 0 amide bonds. The summed E-state index contributed by atoms with van der Waals surface area (Å²) in [6, 6.07) is 16.7. The number of anilines is 1. The molecule has 1 atom stereocenters. The Morgan fingerprint density at radius 2 is 1.93 bits per heavy atom. The minimum Gasteiger partial charge on any atom is -0.347 e. The number of rotatable bonds is 5. The highest BCUT2D eigenvalue weighted by Crippen LogP contribution is 2.32. The zero-order valence-corrected chi connectivity index (χ0v) is 17.7. The SMILES string of the molecule is CS(=O)(=O)c1cccc(C(=O)c2cnc(N3CCCC(c4ccccc4)C3)s2)c1. The Kier molecular flexibility index (Phi) is 5.52. The highest BCUT2D eigenvalue weighted by atomic mass is 32.2. The molecule has 1 aromatic heterocycles. The van der Waals surface area contributed by atoms with E-state index in [0.29, 0.717) is 16.4 Å². The van der Waals surface area contributed by atoms with Crippen LogP contribution in [0.4, 0.5) is 5.13 Å². The Labute approximate surface area is 175 Å². The van der Waals surface area contributed by atoms with Gasteiger partial charge >= 0.3 is 0 Å². The van der Waals surface area contributed by atoms with Gasteiger partial charge in [-0.15, -0.1) is 0 Å². The van der Waals surface area contributed by atoms with Gasteiger partial charge in [0.25, 0.3) is 0 Å². The Morgan fingerprint density at radius 1 is 1.14 bits per heavy atom. The summed E-state index contributed by atoms with van der Waals surface area (Å²) >= 11 is 1.37. The fourth-order valence-corrected chi connectivity index (χ4v) is 5.25. The quantitative estimate of drug-likeness (QED) is 0.573. The van der Waals surface area contributed by atoms with Crippen LogP contribution in [-0.2, 0) is 9.84 Å². The van der Waals surface area contributed by atoms with Crippen LogP contribution >= 0.6 is 11.3 Å². The van der Waals surface area contributed by atoms with E-state index in [1.165, 1.54) is 29.0 Å². The lowest BCUT2D eigenvalue weighted by Crippen LogP contribution is -2.34. The summed E-state index contributed by atoms with van der Waals surface area (Å²) in [5.41, 5.74) is 1.70. The molecule has 0 N–H and O–H groups in total. The summed E-state index contributed by atoms with van der Waals surface area (Å²) in [5, 5.41) is 0.841. The van der Waals surface area contributed by atoms with E-state index in [1.54, 1.807) is 18.3 Å². The largest absolute Gasteiger partial charge is 0.347 e. The molecule has 0 aliphatic carbocycles. The minimum atomic E-state index is -3.36. The number of ketones is 1. The maximum atomic E-state index is 12.9. The second-order valence-corrected chi connectivity index (χ2v) is 10.4. The molecule has 7 heteroatoms. The number of benzene rings is 2. The third-order valence-electron chi connectivity index (χ3n) is 5.20. The summed E-state index contributed by atoms with van der Waals surface area (Å²) in [5.74, 6) is 0.260. The summed E-state index contributed by atoms with van der Waals surface area (Å²) in [4.78, 5) is 20.3. The smallest absolute Gasteiger partial charge is 0.204 e. The lowest BCUT2D eigenvalue weighted by Gasteiger charge is -2.32. The number of aromatic nitrogens is 1. The zero-order valence-electron chi connectivity index (χ0n) is 16.1. The van der Waals surface area contributed by atoms with E-state index in [1.807, 2.05) is 6.07 Å². The van der Waals surface area contributed by atoms with E-state index in [2.05, 4.69) is 34.1 Å². The topological polar surface area (TPSA) is 67.3 Å².